The van der Waals surface area contributed by atoms with E-state index in [9.17, 15) is 18.0 Å². The van der Waals surface area contributed by atoms with E-state index in [1.807, 2.05) is 48.5 Å². The Kier molecular flexibility index (Phi) is 8.81. The van der Waals surface area contributed by atoms with E-state index in [2.05, 4.69) is 27.7 Å². The zero-order valence-corrected chi connectivity index (χ0v) is 27.0. The molecule has 0 amide bonds. The van der Waals surface area contributed by atoms with Crippen molar-refractivity contribution >= 4 is 44.6 Å². The lowest BCUT2D eigenvalue weighted by Crippen LogP contribution is -2.41. The van der Waals surface area contributed by atoms with Crippen LogP contribution in [0.4, 0.5) is 0 Å². The summed E-state index contributed by atoms with van der Waals surface area (Å²) in [5.74, 6) is -1.44. The Hall–Kier alpha value is -4.21. The van der Waals surface area contributed by atoms with Gasteiger partial charge in [-0.15, -0.1) is 11.3 Å². The van der Waals surface area contributed by atoms with Gasteiger partial charge in [0.15, 0.2) is 0 Å². The minimum atomic E-state index is -4.28. The molecule has 7 nitrogen and oxygen atoms in total. The van der Waals surface area contributed by atoms with E-state index in [1.165, 1.54) is 12.1 Å². The van der Waals surface area contributed by atoms with Crippen molar-refractivity contribution in [2.24, 2.45) is 5.73 Å². The molecule has 1 aliphatic heterocycles. The van der Waals surface area contributed by atoms with Crippen molar-refractivity contribution in [2.75, 3.05) is 6.61 Å². The zero-order valence-electron chi connectivity index (χ0n) is 25.4. The van der Waals surface area contributed by atoms with Gasteiger partial charge in [0.2, 0.25) is 9.84 Å². The van der Waals surface area contributed by atoms with Crippen LogP contribution >= 0.6 is 11.3 Å². The summed E-state index contributed by atoms with van der Waals surface area (Å²) in [6.07, 6.45) is 1.73. The van der Waals surface area contributed by atoms with Crippen molar-refractivity contribution in [2.45, 2.75) is 57.3 Å². The maximum Gasteiger partial charge on any atom is 0.338 e. The van der Waals surface area contributed by atoms with Gasteiger partial charge in [-0.1, -0.05) is 94.4 Å². The number of fused-ring (bicyclic) bond motifs is 1. The zero-order chi connectivity index (χ0) is 31.8. The molecule has 0 fully saturated rings. The first-order valence-electron chi connectivity index (χ1n) is 14.6. The molecule has 0 radical (unpaired) electrons. The van der Waals surface area contributed by atoms with Gasteiger partial charge < -0.3 is 10.5 Å². The van der Waals surface area contributed by atoms with Crippen molar-refractivity contribution in [1.29, 1.82) is 0 Å². The third-order valence-electron chi connectivity index (χ3n) is 7.77. The summed E-state index contributed by atoms with van der Waals surface area (Å²) in [6.45, 7) is 10.1. The molecule has 9 heteroatoms. The number of nitrogens with zero attached hydrogens (tertiary/aromatic N) is 1. The summed E-state index contributed by atoms with van der Waals surface area (Å²) in [6, 6.07) is 23.3. The Bertz CT molecular complexity index is 2020. The molecule has 2 heterocycles. The van der Waals surface area contributed by atoms with E-state index >= 15 is 0 Å². The topological polar surface area (TPSA) is 108 Å². The van der Waals surface area contributed by atoms with Gasteiger partial charge in [-0.2, -0.15) is 0 Å². The monoisotopic (exact) mass is 628 g/mol. The van der Waals surface area contributed by atoms with E-state index in [-0.39, 0.29) is 38.4 Å². The molecule has 0 spiro atoms. The van der Waals surface area contributed by atoms with Crippen LogP contribution in [0.25, 0.3) is 17.5 Å². The molecule has 3 aromatic carbocycles. The molecule has 5 rings (SSSR count). The van der Waals surface area contributed by atoms with Gasteiger partial charge in [0.25, 0.3) is 5.56 Å². The molecular formula is C35H36N2O5S2. The first kappa shape index (κ1) is 31.2. The highest BCUT2D eigenvalue weighted by Crippen LogP contribution is 2.42. The predicted octanol–water partition coefficient (Wildman–Crippen LogP) is 5.06. The second-order valence-corrected chi connectivity index (χ2v) is 14.3. The molecule has 228 valence electrons. The smallest absolute Gasteiger partial charge is 0.338 e. The molecule has 1 unspecified atom stereocenters. The SMILES string of the molecule is CCOC(=O)C1=c2s/c(=C/c3ccc(C(C)C)cc3)c(=O)n2C(N)=C(S(=O)(=O)c2ccccc2)C1c1ccc(C(C)C)cc1. The minimum absolute atomic E-state index is 0.00807. The lowest BCUT2D eigenvalue weighted by molar-refractivity contribution is -0.136. The Labute approximate surface area is 261 Å². The van der Waals surface area contributed by atoms with Gasteiger partial charge in [-0.3, -0.25) is 9.36 Å². The van der Waals surface area contributed by atoms with Crippen molar-refractivity contribution in [3.63, 3.8) is 0 Å². The van der Waals surface area contributed by atoms with Crippen LogP contribution in [0.2, 0.25) is 0 Å². The van der Waals surface area contributed by atoms with Crippen LogP contribution in [0.5, 0.6) is 0 Å². The highest BCUT2D eigenvalue weighted by atomic mass is 32.2. The molecule has 0 saturated carbocycles. The largest absolute Gasteiger partial charge is 0.463 e. The highest BCUT2D eigenvalue weighted by Gasteiger charge is 2.42. The second kappa shape index (κ2) is 12.4. The van der Waals surface area contributed by atoms with Crippen molar-refractivity contribution in [3.05, 3.63) is 126 Å². The Balaban J connectivity index is 1.87. The number of thiazole rings is 1. The van der Waals surface area contributed by atoms with E-state index in [4.69, 9.17) is 10.5 Å². The third-order valence-corrected chi connectivity index (χ3v) is 10.8. The maximum atomic E-state index is 14.4. The third kappa shape index (κ3) is 5.69. The average molecular weight is 629 g/mol. The summed E-state index contributed by atoms with van der Waals surface area (Å²) >= 11 is 1.10. The number of hydrogen-bond donors (Lipinski definition) is 1. The first-order chi connectivity index (χ1) is 20.9. The van der Waals surface area contributed by atoms with Crippen molar-refractivity contribution in [3.8, 4) is 0 Å². The number of nitrogens with two attached hydrogens (primary N) is 1. The molecular weight excluding hydrogens is 593 g/mol. The molecule has 2 N–H and O–H groups in total. The quantitative estimate of drug-likeness (QED) is 0.274. The van der Waals surface area contributed by atoms with Crippen LogP contribution in [0.3, 0.4) is 0 Å². The number of sulfone groups is 1. The van der Waals surface area contributed by atoms with E-state index in [0.29, 0.717) is 16.0 Å². The van der Waals surface area contributed by atoms with Crippen LogP contribution in [-0.4, -0.2) is 25.6 Å². The van der Waals surface area contributed by atoms with Crippen molar-refractivity contribution in [1.82, 2.24) is 4.57 Å². The molecule has 4 aromatic rings. The van der Waals surface area contributed by atoms with Crippen LogP contribution in [0, 0.1) is 0 Å². The number of hydrogen-bond acceptors (Lipinski definition) is 7. The summed E-state index contributed by atoms with van der Waals surface area (Å²) < 4.78 is 36.0. The summed E-state index contributed by atoms with van der Waals surface area (Å²) in [5, 5.41) is 0. The maximum absolute atomic E-state index is 14.4. The number of carbonyl (C=O) groups is 1. The Morgan fingerprint density at radius 3 is 2.05 bits per heavy atom. The lowest BCUT2D eigenvalue weighted by Gasteiger charge is -2.28. The van der Waals surface area contributed by atoms with E-state index in [0.717, 1.165) is 32.6 Å². The highest BCUT2D eigenvalue weighted by molar-refractivity contribution is 7.95. The molecule has 44 heavy (non-hydrogen) atoms. The standard InChI is InChI=1S/C35H36N2O5S2/c1-6-42-35(39)30-29(26-18-16-25(17-19-26)22(4)5)31(44(40,41)27-10-8-7-9-11-27)32(36)37-33(38)28(43-34(30)37)20-23-12-14-24(15-13-23)21(2)3/h7-22,29H,6,36H2,1-5H3/b28-20+. The molecule has 1 atom stereocenters. The predicted molar refractivity (Wildman–Crippen MR) is 176 cm³/mol. The lowest BCUT2D eigenvalue weighted by atomic mass is 9.88. The Morgan fingerprint density at radius 2 is 1.50 bits per heavy atom. The first-order valence-corrected chi connectivity index (χ1v) is 16.9. The number of benzene rings is 3. The van der Waals surface area contributed by atoms with Gasteiger partial charge >= 0.3 is 5.97 Å². The summed E-state index contributed by atoms with van der Waals surface area (Å²) in [4.78, 5) is 27.5. The van der Waals surface area contributed by atoms with Gasteiger partial charge in [-0.25, -0.2) is 13.2 Å². The number of rotatable bonds is 8. The molecule has 0 saturated heterocycles. The number of ether oxygens (including phenoxy) is 1. The second-order valence-electron chi connectivity index (χ2n) is 11.3. The van der Waals surface area contributed by atoms with Gasteiger partial charge in [0, 0.05) is 0 Å². The fourth-order valence-electron chi connectivity index (χ4n) is 5.35. The molecule has 0 aliphatic carbocycles. The van der Waals surface area contributed by atoms with E-state index < -0.39 is 27.3 Å². The van der Waals surface area contributed by atoms with Crippen LogP contribution in [-0.2, 0) is 19.4 Å². The van der Waals surface area contributed by atoms with Gasteiger partial charge in [0.1, 0.15) is 15.4 Å². The average Bonchev–Trinajstić information content (AvgIpc) is 3.33. The molecule has 0 bridgehead atoms. The fraction of sp³-hybridized carbons (Fsp3) is 0.257. The normalized spacial score (nSPS) is 15.7. The van der Waals surface area contributed by atoms with Gasteiger partial charge in [-0.05, 0) is 59.2 Å². The Morgan fingerprint density at radius 1 is 0.932 bits per heavy atom. The van der Waals surface area contributed by atoms with Crippen molar-refractivity contribution < 1.29 is 17.9 Å². The van der Waals surface area contributed by atoms with Crippen LogP contribution in [0.15, 0.2) is 93.5 Å². The minimum Gasteiger partial charge on any atom is -0.463 e. The summed E-state index contributed by atoms with van der Waals surface area (Å²) in [7, 11) is -4.28. The number of aromatic nitrogens is 1. The van der Waals surface area contributed by atoms with Gasteiger partial charge in [0.05, 0.1) is 27.5 Å². The van der Waals surface area contributed by atoms with Crippen LogP contribution in [0.1, 0.15) is 74.6 Å². The number of esters is 1. The fourth-order valence-corrected chi connectivity index (χ4v) is 8.21. The number of carbonyl (C=O) groups excluding carboxylic acids is 1. The van der Waals surface area contributed by atoms with E-state index in [1.54, 1.807) is 31.2 Å². The van der Waals surface area contributed by atoms with Crippen LogP contribution < -0.4 is 20.5 Å². The number of allylic oxidation sites excluding steroid dienone is 1. The molecule has 1 aliphatic rings. The molecule has 1 aromatic heterocycles. The summed E-state index contributed by atoms with van der Waals surface area (Å²) in [5.41, 5.74) is 9.83.